The molecule has 152 valence electrons. The summed E-state index contributed by atoms with van der Waals surface area (Å²) in [7, 11) is 0. The van der Waals surface area contributed by atoms with Gasteiger partial charge in [0, 0.05) is 13.0 Å². The summed E-state index contributed by atoms with van der Waals surface area (Å²) in [6.45, 7) is 8.13. The molecule has 0 saturated carbocycles. The van der Waals surface area contributed by atoms with E-state index in [0.29, 0.717) is 13.0 Å². The van der Waals surface area contributed by atoms with Crippen molar-refractivity contribution in [3.05, 3.63) is 41.7 Å². The Morgan fingerprint density at radius 2 is 1.79 bits per heavy atom. The molecule has 1 aliphatic heterocycles. The van der Waals surface area contributed by atoms with E-state index < -0.39 is 6.04 Å². The molecule has 2 heterocycles. The second-order valence-electron chi connectivity index (χ2n) is 8.65. The lowest BCUT2D eigenvalue weighted by Gasteiger charge is -2.31. The highest BCUT2D eigenvalue weighted by atomic mass is 16.2. The van der Waals surface area contributed by atoms with Crippen molar-refractivity contribution in [2.75, 3.05) is 13.1 Å². The maximum Gasteiger partial charge on any atom is 0.245 e. The number of rotatable bonds is 2. The molecule has 2 aromatic rings. The van der Waals surface area contributed by atoms with Crippen LogP contribution in [-0.2, 0) is 11.2 Å². The second kappa shape index (κ2) is 9.28. The molecule has 0 spiro atoms. The molecular formula is C21H32N6O. The fraction of sp³-hybridized carbons (Fsp3) is 0.619. The molecule has 2 unspecified atom stereocenters. The average molecular weight is 385 g/mol. The van der Waals surface area contributed by atoms with Crippen LogP contribution in [0.15, 0.2) is 30.3 Å². The van der Waals surface area contributed by atoms with Crippen LogP contribution in [0.5, 0.6) is 0 Å². The number of carbonyl (C=O) groups excluding carboxylic acids is 1. The van der Waals surface area contributed by atoms with Gasteiger partial charge in [-0.3, -0.25) is 4.79 Å². The van der Waals surface area contributed by atoms with E-state index in [1.54, 1.807) is 4.68 Å². The Morgan fingerprint density at radius 1 is 1.07 bits per heavy atom. The lowest BCUT2D eigenvalue weighted by atomic mass is 9.85. The van der Waals surface area contributed by atoms with Gasteiger partial charge in [0.05, 0.1) is 6.04 Å². The summed E-state index contributed by atoms with van der Waals surface area (Å²) in [5.41, 5.74) is 1.01. The zero-order valence-corrected chi connectivity index (χ0v) is 17.2. The Morgan fingerprint density at radius 3 is 2.50 bits per heavy atom. The van der Waals surface area contributed by atoms with Gasteiger partial charge in [0.25, 0.3) is 0 Å². The van der Waals surface area contributed by atoms with Crippen molar-refractivity contribution in [2.24, 2.45) is 5.41 Å². The Balaban J connectivity index is 1.98. The third-order valence-corrected chi connectivity index (χ3v) is 5.26. The van der Waals surface area contributed by atoms with Crippen LogP contribution in [0, 0.1) is 5.41 Å². The van der Waals surface area contributed by atoms with Crippen molar-refractivity contribution >= 4 is 5.91 Å². The molecule has 1 aliphatic rings. The first-order valence-corrected chi connectivity index (χ1v) is 10.3. The van der Waals surface area contributed by atoms with Gasteiger partial charge in [-0.05, 0) is 40.8 Å². The van der Waals surface area contributed by atoms with E-state index in [1.807, 2.05) is 30.3 Å². The molecule has 1 aromatic heterocycles. The zero-order chi connectivity index (χ0) is 20.0. The third kappa shape index (κ3) is 5.16. The summed E-state index contributed by atoms with van der Waals surface area (Å²) in [4.78, 5) is 13.1. The number of fused-ring (bicyclic) bond motifs is 1. The van der Waals surface area contributed by atoms with Crippen LogP contribution in [0.1, 0.15) is 69.9 Å². The summed E-state index contributed by atoms with van der Waals surface area (Å²) in [5.74, 6) is 0.701. The molecule has 7 nitrogen and oxygen atoms in total. The topological polar surface area (TPSA) is 84.7 Å². The highest BCUT2D eigenvalue weighted by molar-refractivity contribution is 5.80. The molecule has 0 fully saturated rings. The SMILES string of the molecule is CC(C)(C)C1NCCCCCCNC(=O)C(Cc2ccccc2)n2nnnc21. The number of tetrazole rings is 1. The normalized spacial score (nSPS) is 22.3. The Labute approximate surface area is 167 Å². The van der Waals surface area contributed by atoms with Gasteiger partial charge in [0.15, 0.2) is 5.82 Å². The Hall–Kier alpha value is -2.28. The first kappa shape index (κ1) is 20.5. The third-order valence-electron chi connectivity index (χ3n) is 5.26. The van der Waals surface area contributed by atoms with E-state index >= 15 is 0 Å². The molecule has 1 aromatic carbocycles. The first-order valence-electron chi connectivity index (χ1n) is 10.3. The van der Waals surface area contributed by atoms with Crippen molar-refractivity contribution in [3.8, 4) is 0 Å². The molecule has 2 atom stereocenters. The predicted molar refractivity (Wildman–Crippen MR) is 109 cm³/mol. The predicted octanol–water partition coefficient (Wildman–Crippen LogP) is 2.82. The number of benzene rings is 1. The summed E-state index contributed by atoms with van der Waals surface area (Å²) in [5, 5.41) is 19.3. The molecule has 0 saturated heterocycles. The van der Waals surface area contributed by atoms with Crippen LogP contribution in [0.4, 0.5) is 0 Å². The van der Waals surface area contributed by atoms with Crippen LogP contribution in [0.25, 0.3) is 0 Å². The van der Waals surface area contributed by atoms with Gasteiger partial charge in [-0.2, -0.15) is 0 Å². The summed E-state index contributed by atoms with van der Waals surface area (Å²) >= 11 is 0. The van der Waals surface area contributed by atoms with Gasteiger partial charge in [0.1, 0.15) is 6.04 Å². The van der Waals surface area contributed by atoms with E-state index in [9.17, 15) is 4.79 Å². The molecule has 1 amide bonds. The van der Waals surface area contributed by atoms with Gasteiger partial charge in [-0.25, -0.2) is 4.68 Å². The molecule has 2 N–H and O–H groups in total. The zero-order valence-electron chi connectivity index (χ0n) is 17.2. The number of hydrogen-bond donors (Lipinski definition) is 2. The van der Waals surface area contributed by atoms with Gasteiger partial charge >= 0.3 is 0 Å². The van der Waals surface area contributed by atoms with Crippen LogP contribution in [-0.4, -0.2) is 39.2 Å². The number of nitrogens with one attached hydrogen (secondary N) is 2. The number of amides is 1. The average Bonchev–Trinajstić information content (AvgIpc) is 3.12. The molecule has 28 heavy (non-hydrogen) atoms. The van der Waals surface area contributed by atoms with Crippen molar-refractivity contribution in [3.63, 3.8) is 0 Å². The standard InChI is InChI=1S/C21H32N6O/c1-21(2,3)18-19-24-25-26-27(19)17(15-16-11-7-6-8-12-16)20(28)23-14-10-5-4-9-13-22-18/h6-8,11-12,17-18,22H,4-5,9-10,13-15H2,1-3H3,(H,23,28). The number of hydrogen-bond acceptors (Lipinski definition) is 5. The summed E-state index contributed by atoms with van der Waals surface area (Å²) in [6, 6.07) is 9.54. The van der Waals surface area contributed by atoms with Crippen LogP contribution in [0.3, 0.4) is 0 Å². The van der Waals surface area contributed by atoms with E-state index in [1.165, 1.54) is 0 Å². The van der Waals surface area contributed by atoms with E-state index in [-0.39, 0.29) is 17.4 Å². The maximum atomic E-state index is 13.1. The van der Waals surface area contributed by atoms with Crippen LogP contribution in [0.2, 0.25) is 0 Å². The second-order valence-corrected chi connectivity index (χ2v) is 8.65. The number of nitrogens with zero attached hydrogens (tertiary/aromatic N) is 4. The fourth-order valence-electron chi connectivity index (χ4n) is 3.70. The van der Waals surface area contributed by atoms with Crippen molar-refractivity contribution < 1.29 is 4.79 Å². The Kier molecular flexibility index (Phi) is 6.78. The quantitative estimate of drug-likeness (QED) is 0.832. The van der Waals surface area contributed by atoms with Gasteiger partial charge < -0.3 is 10.6 Å². The minimum Gasteiger partial charge on any atom is -0.354 e. The number of aromatic nitrogens is 4. The minimum absolute atomic E-state index is 0.0238. The summed E-state index contributed by atoms with van der Waals surface area (Å²) < 4.78 is 1.73. The van der Waals surface area contributed by atoms with Crippen molar-refractivity contribution in [2.45, 2.75) is 65.0 Å². The van der Waals surface area contributed by atoms with Crippen LogP contribution >= 0.6 is 0 Å². The van der Waals surface area contributed by atoms with E-state index in [0.717, 1.165) is 43.6 Å². The van der Waals surface area contributed by atoms with Crippen LogP contribution < -0.4 is 10.6 Å². The minimum atomic E-state index is -0.472. The molecule has 0 aliphatic carbocycles. The van der Waals surface area contributed by atoms with E-state index in [2.05, 4.69) is 46.9 Å². The Bertz CT molecular complexity index is 752. The molecule has 7 heteroatoms. The lowest BCUT2D eigenvalue weighted by Crippen LogP contribution is -2.39. The molecular weight excluding hydrogens is 352 g/mol. The smallest absolute Gasteiger partial charge is 0.245 e. The first-order chi connectivity index (χ1) is 13.5. The maximum absolute atomic E-state index is 13.1. The molecule has 0 bridgehead atoms. The molecule has 0 radical (unpaired) electrons. The summed E-state index contributed by atoms with van der Waals surface area (Å²) in [6.07, 6.45) is 4.93. The van der Waals surface area contributed by atoms with Gasteiger partial charge in [0.2, 0.25) is 5.91 Å². The monoisotopic (exact) mass is 384 g/mol. The van der Waals surface area contributed by atoms with E-state index in [4.69, 9.17) is 0 Å². The molecule has 3 rings (SSSR count). The highest BCUT2D eigenvalue weighted by Gasteiger charge is 2.34. The fourth-order valence-corrected chi connectivity index (χ4v) is 3.70. The van der Waals surface area contributed by atoms with Crippen molar-refractivity contribution in [1.29, 1.82) is 0 Å². The largest absolute Gasteiger partial charge is 0.354 e. The number of carbonyl (C=O) groups is 1. The van der Waals surface area contributed by atoms with Crippen molar-refractivity contribution in [1.82, 2.24) is 30.8 Å². The highest BCUT2D eigenvalue weighted by Crippen LogP contribution is 2.33. The van der Waals surface area contributed by atoms with Gasteiger partial charge in [-0.15, -0.1) is 5.10 Å². The lowest BCUT2D eigenvalue weighted by molar-refractivity contribution is -0.124. The van der Waals surface area contributed by atoms with Gasteiger partial charge in [-0.1, -0.05) is 63.9 Å².